The molecule has 1 unspecified atom stereocenters. The second-order valence-corrected chi connectivity index (χ2v) is 7.51. The fourth-order valence-corrected chi connectivity index (χ4v) is 3.73. The maximum absolute atomic E-state index is 12.6. The molecule has 2 heterocycles. The van der Waals surface area contributed by atoms with E-state index in [2.05, 4.69) is 10.6 Å². The second kappa shape index (κ2) is 8.41. The van der Waals surface area contributed by atoms with Crippen molar-refractivity contribution in [3.05, 3.63) is 66.4 Å². The number of benzene rings is 2. The molecule has 1 saturated heterocycles. The minimum atomic E-state index is -0.657. The van der Waals surface area contributed by atoms with Gasteiger partial charge in [0.2, 0.25) is 5.91 Å². The van der Waals surface area contributed by atoms with Crippen LogP contribution >= 0.6 is 0 Å². The highest BCUT2D eigenvalue weighted by Crippen LogP contribution is 2.20. The van der Waals surface area contributed by atoms with E-state index in [1.807, 2.05) is 72.4 Å². The van der Waals surface area contributed by atoms with Crippen molar-refractivity contribution >= 4 is 34.4 Å². The third kappa shape index (κ3) is 4.20. The van der Waals surface area contributed by atoms with Gasteiger partial charge in [0, 0.05) is 42.8 Å². The summed E-state index contributed by atoms with van der Waals surface area (Å²) in [6.07, 6.45) is 2.99. The summed E-state index contributed by atoms with van der Waals surface area (Å²) >= 11 is 0. The van der Waals surface area contributed by atoms with Crippen LogP contribution in [0.2, 0.25) is 0 Å². The van der Waals surface area contributed by atoms with Gasteiger partial charge in [0.25, 0.3) is 5.91 Å². The number of hydrogen-bond acceptors (Lipinski definition) is 3. The monoisotopic (exact) mass is 404 g/mol. The zero-order valence-electron chi connectivity index (χ0n) is 16.8. The van der Waals surface area contributed by atoms with Crippen LogP contribution in [0.15, 0.2) is 60.8 Å². The van der Waals surface area contributed by atoms with E-state index in [4.69, 9.17) is 0 Å². The van der Waals surface area contributed by atoms with Crippen molar-refractivity contribution in [2.45, 2.75) is 25.3 Å². The van der Waals surface area contributed by atoms with Crippen LogP contribution in [0.3, 0.4) is 0 Å². The van der Waals surface area contributed by atoms with Crippen LogP contribution in [0.4, 0.5) is 10.5 Å². The first-order valence-corrected chi connectivity index (χ1v) is 10.0. The Morgan fingerprint density at radius 1 is 1.10 bits per heavy atom. The average molecular weight is 404 g/mol. The third-order valence-corrected chi connectivity index (χ3v) is 5.40. The van der Waals surface area contributed by atoms with Crippen LogP contribution in [-0.4, -0.2) is 39.9 Å². The molecule has 1 aliphatic heterocycles. The van der Waals surface area contributed by atoms with Crippen molar-refractivity contribution < 1.29 is 14.4 Å². The van der Waals surface area contributed by atoms with Crippen molar-refractivity contribution in [2.24, 2.45) is 7.05 Å². The maximum Gasteiger partial charge on any atom is 0.324 e. The van der Waals surface area contributed by atoms with Crippen LogP contribution in [0, 0.1) is 0 Å². The zero-order chi connectivity index (χ0) is 21.1. The minimum Gasteiger partial charge on any atom is -0.351 e. The smallest absolute Gasteiger partial charge is 0.324 e. The number of aryl methyl sites for hydroxylation is 1. The molecule has 4 rings (SSSR count). The van der Waals surface area contributed by atoms with Crippen molar-refractivity contribution in [1.82, 2.24) is 14.8 Å². The summed E-state index contributed by atoms with van der Waals surface area (Å²) in [5, 5.41) is 6.60. The number of rotatable bonds is 7. The standard InChI is InChI=1S/C23H24N4O3/c1-26-13-12-17-15-18(7-9-20(17)26)24-21(28)10-8-19-22(29)27(23(30)25-19)14-11-16-5-3-2-4-6-16/h2-7,9,12-13,15,19H,8,10-11,14H2,1H3,(H,24,28)(H,25,30). The molecule has 2 N–H and O–H groups in total. The van der Waals surface area contributed by atoms with E-state index in [0.29, 0.717) is 18.7 Å². The number of hydrogen-bond donors (Lipinski definition) is 2. The van der Waals surface area contributed by atoms with Crippen molar-refractivity contribution in [3.63, 3.8) is 0 Å². The van der Waals surface area contributed by atoms with Gasteiger partial charge in [-0.1, -0.05) is 30.3 Å². The normalized spacial score (nSPS) is 16.2. The van der Waals surface area contributed by atoms with Gasteiger partial charge in [-0.15, -0.1) is 0 Å². The lowest BCUT2D eigenvalue weighted by molar-refractivity contribution is -0.127. The number of amides is 4. The summed E-state index contributed by atoms with van der Waals surface area (Å²) in [5.74, 6) is -0.454. The summed E-state index contributed by atoms with van der Waals surface area (Å²) in [4.78, 5) is 38.3. The number of fused-ring (bicyclic) bond motifs is 1. The third-order valence-electron chi connectivity index (χ3n) is 5.40. The molecule has 0 radical (unpaired) electrons. The van der Waals surface area contributed by atoms with E-state index in [9.17, 15) is 14.4 Å². The quantitative estimate of drug-likeness (QED) is 0.594. The number of urea groups is 1. The fraction of sp³-hybridized carbons (Fsp3) is 0.261. The molecule has 0 spiro atoms. The first-order chi connectivity index (χ1) is 14.5. The van der Waals surface area contributed by atoms with E-state index < -0.39 is 12.1 Å². The molecule has 1 aliphatic rings. The zero-order valence-corrected chi connectivity index (χ0v) is 16.8. The van der Waals surface area contributed by atoms with Gasteiger partial charge in [0.1, 0.15) is 6.04 Å². The highest BCUT2D eigenvalue weighted by atomic mass is 16.2. The SMILES string of the molecule is Cn1ccc2cc(NC(=O)CCC3NC(=O)N(CCc4ccccc4)C3=O)ccc21. The topological polar surface area (TPSA) is 83.4 Å². The molecule has 7 heteroatoms. The van der Waals surface area contributed by atoms with Crippen LogP contribution in [0.25, 0.3) is 10.9 Å². The van der Waals surface area contributed by atoms with Crippen LogP contribution < -0.4 is 10.6 Å². The molecule has 0 saturated carbocycles. The number of imide groups is 1. The van der Waals surface area contributed by atoms with Gasteiger partial charge in [0.05, 0.1) is 0 Å². The summed E-state index contributed by atoms with van der Waals surface area (Å²) in [5.41, 5.74) is 2.86. The minimum absolute atomic E-state index is 0.149. The molecule has 30 heavy (non-hydrogen) atoms. The Morgan fingerprint density at radius 2 is 1.90 bits per heavy atom. The molecule has 7 nitrogen and oxygen atoms in total. The Hall–Kier alpha value is -3.61. The first-order valence-electron chi connectivity index (χ1n) is 10.0. The van der Waals surface area contributed by atoms with Gasteiger partial charge in [0.15, 0.2) is 0 Å². The Kier molecular flexibility index (Phi) is 5.52. The lowest BCUT2D eigenvalue weighted by atomic mass is 10.1. The molecule has 4 amide bonds. The van der Waals surface area contributed by atoms with Crippen LogP contribution in [0.1, 0.15) is 18.4 Å². The van der Waals surface area contributed by atoms with E-state index in [1.54, 1.807) is 0 Å². The van der Waals surface area contributed by atoms with Gasteiger partial charge in [-0.05, 0) is 42.7 Å². The molecule has 0 bridgehead atoms. The lowest BCUT2D eigenvalue weighted by Crippen LogP contribution is -2.33. The molecule has 1 atom stereocenters. The van der Waals surface area contributed by atoms with Crippen molar-refractivity contribution in [3.8, 4) is 0 Å². The van der Waals surface area contributed by atoms with Crippen molar-refractivity contribution in [2.75, 3.05) is 11.9 Å². The number of anilines is 1. The summed E-state index contributed by atoms with van der Waals surface area (Å²) < 4.78 is 2.01. The van der Waals surface area contributed by atoms with Crippen LogP contribution in [0.5, 0.6) is 0 Å². The Balaban J connectivity index is 1.29. The number of nitrogens with zero attached hydrogens (tertiary/aromatic N) is 2. The molecule has 0 aliphatic carbocycles. The summed E-state index contributed by atoms with van der Waals surface area (Å²) in [7, 11) is 1.97. The van der Waals surface area contributed by atoms with E-state index in [-0.39, 0.29) is 24.7 Å². The Morgan fingerprint density at radius 3 is 2.70 bits per heavy atom. The summed E-state index contributed by atoms with van der Waals surface area (Å²) in [6.45, 7) is 0.328. The number of carbonyl (C=O) groups is 3. The largest absolute Gasteiger partial charge is 0.351 e. The molecule has 1 aromatic heterocycles. The number of carbonyl (C=O) groups excluding carboxylic acids is 3. The fourth-order valence-electron chi connectivity index (χ4n) is 3.73. The lowest BCUT2D eigenvalue weighted by Gasteiger charge is -2.13. The molecule has 154 valence electrons. The molecule has 1 fully saturated rings. The van der Waals surface area contributed by atoms with Crippen molar-refractivity contribution in [1.29, 1.82) is 0 Å². The van der Waals surface area contributed by atoms with Crippen LogP contribution in [-0.2, 0) is 23.1 Å². The predicted molar refractivity (Wildman–Crippen MR) is 115 cm³/mol. The Labute approximate surface area is 174 Å². The second-order valence-electron chi connectivity index (χ2n) is 7.51. The van der Waals surface area contributed by atoms with Gasteiger partial charge in [-0.2, -0.15) is 0 Å². The van der Waals surface area contributed by atoms with E-state index >= 15 is 0 Å². The van der Waals surface area contributed by atoms with Gasteiger partial charge in [-0.25, -0.2) is 4.79 Å². The number of nitrogens with one attached hydrogen (secondary N) is 2. The van der Waals surface area contributed by atoms with Gasteiger partial charge in [-0.3, -0.25) is 14.5 Å². The van der Waals surface area contributed by atoms with E-state index in [0.717, 1.165) is 16.5 Å². The molecule has 2 aromatic carbocycles. The molecular formula is C23H24N4O3. The predicted octanol–water partition coefficient (Wildman–Crippen LogP) is 3.06. The highest BCUT2D eigenvalue weighted by Gasteiger charge is 2.37. The summed E-state index contributed by atoms with van der Waals surface area (Å²) in [6, 6.07) is 16.4. The van der Waals surface area contributed by atoms with Gasteiger partial charge < -0.3 is 15.2 Å². The number of aromatic nitrogens is 1. The molecule has 3 aromatic rings. The first kappa shape index (κ1) is 19.7. The van der Waals surface area contributed by atoms with E-state index in [1.165, 1.54) is 4.90 Å². The average Bonchev–Trinajstić information content (AvgIpc) is 3.24. The molecular weight excluding hydrogens is 380 g/mol. The highest BCUT2D eigenvalue weighted by molar-refractivity contribution is 6.04. The Bertz CT molecular complexity index is 1090. The maximum atomic E-state index is 12.6. The van der Waals surface area contributed by atoms with Gasteiger partial charge >= 0.3 is 6.03 Å².